The van der Waals surface area contributed by atoms with Gasteiger partial charge in [0.1, 0.15) is 0 Å². The second-order valence-corrected chi connectivity index (χ2v) is 7.58. The van der Waals surface area contributed by atoms with E-state index in [0.717, 1.165) is 6.42 Å². The van der Waals surface area contributed by atoms with Gasteiger partial charge in [-0.25, -0.2) is 0 Å². The van der Waals surface area contributed by atoms with Crippen molar-refractivity contribution in [2.75, 3.05) is 4.90 Å². The minimum atomic E-state index is 0.0310. The predicted octanol–water partition coefficient (Wildman–Crippen LogP) is 6.97. The lowest BCUT2D eigenvalue weighted by Gasteiger charge is -2.41. The van der Waals surface area contributed by atoms with Gasteiger partial charge in [-0.05, 0) is 50.5 Å². The largest absolute Gasteiger partial charge is 0.335 e. The lowest BCUT2D eigenvalue weighted by Crippen LogP contribution is -2.40. The summed E-state index contributed by atoms with van der Waals surface area (Å²) in [4.78, 5) is 2.53. The van der Waals surface area contributed by atoms with Gasteiger partial charge in [-0.15, -0.1) is 0 Å². The molecule has 0 spiro atoms. The number of para-hydroxylation sites is 2. The second-order valence-electron chi connectivity index (χ2n) is 7.58. The minimum Gasteiger partial charge on any atom is -0.335 e. The van der Waals surface area contributed by atoms with Gasteiger partial charge in [0.15, 0.2) is 0 Å². The number of anilines is 2. The van der Waals surface area contributed by atoms with Crippen LogP contribution in [0.3, 0.4) is 0 Å². The second kappa shape index (κ2) is 5.77. The van der Waals surface area contributed by atoms with E-state index in [1.807, 2.05) is 0 Å². The van der Waals surface area contributed by atoms with E-state index in [1.165, 1.54) is 39.2 Å². The number of hydrogen-bond acceptors (Lipinski definition) is 1. The summed E-state index contributed by atoms with van der Waals surface area (Å²) in [6, 6.07) is 24.5. The van der Waals surface area contributed by atoms with Crippen LogP contribution in [-0.4, -0.2) is 5.54 Å². The van der Waals surface area contributed by atoms with Crippen LogP contribution in [0.15, 0.2) is 66.7 Å². The maximum atomic E-state index is 2.53. The fraction of sp³-hybridized carbons (Fsp3) is 0.250. The molecule has 0 aromatic heterocycles. The van der Waals surface area contributed by atoms with E-state index < -0.39 is 0 Å². The monoisotopic (exact) mass is 327 g/mol. The molecule has 0 fully saturated rings. The first-order valence-corrected chi connectivity index (χ1v) is 9.12. The van der Waals surface area contributed by atoms with Crippen LogP contribution in [0.4, 0.5) is 11.4 Å². The zero-order valence-corrected chi connectivity index (χ0v) is 15.5. The van der Waals surface area contributed by atoms with E-state index in [1.54, 1.807) is 0 Å². The topological polar surface area (TPSA) is 3.24 Å². The van der Waals surface area contributed by atoms with Crippen molar-refractivity contribution in [1.82, 2.24) is 0 Å². The molecular weight excluding hydrogens is 302 g/mol. The molecule has 0 saturated heterocycles. The third-order valence-corrected chi connectivity index (χ3v) is 5.52. The number of fused-ring (bicyclic) bond motifs is 5. The maximum absolute atomic E-state index is 2.53. The molecule has 0 radical (unpaired) electrons. The average molecular weight is 327 g/mol. The fourth-order valence-corrected chi connectivity index (χ4v) is 3.85. The quantitative estimate of drug-likeness (QED) is 0.491. The van der Waals surface area contributed by atoms with Gasteiger partial charge >= 0.3 is 0 Å². The smallest absolute Gasteiger partial charge is 0.0495 e. The summed E-state index contributed by atoms with van der Waals surface area (Å²) >= 11 is 0. The van der Waals surface area contributed by atoms with Crippen LogP contribution in [0.2, 0.25) is 0 Å². The summed E-state index contributed by atoms with van der Waals surface area (Å²) in [6.45, 7) is 9.12. The Morgan fingerprint density at radius 1 is 0.720 bits per heavy atom. The van der Waals surface area contributed by atoms with Crippen LogP contribution < -0.4 is 4.90 Å². The molecular formula is C24H25N. The molecule has 0 aliphatic carbocycles. The number of benzene rings is 3. The Labute approximate surface area is 150 Å². The van der Waals surface area contributed by atoms with Crippen LogP contribution in [0.1, 0.15) is 32.8 Å². The van der Waals surface area contributed by atoms with E-state index in [2.05, 4.69) is 99.3 Å². The van der Waals surface area contributed by atoms with Crippen molar-refractivity contribution in [3.63, 3.8) is 0 Å². The molecule has 3 aromatic rings. The maximum Gasteiger partial charge on any atom is 0.0495 e. The van der Waals surface area contributed by atoms with Gasteiger partial charge in [-0.2, -0.15) is 0 Å². The summed E-state index contributed by atoms with van der Waals surface area (Å²) in [5.41, 5.74) is 9.21. The molecule has 1 heterocycles. The third kappa shape index (κ3) is 2.46. The highest BCUT2D eigenvalue weighted by Crippen LogP contribution is 2.50. The van der Waals surface area contributed by atoms with Crippen LogP contribution in [0.25, 0.3) is 22.3 Å². The zero-order valence-electron chi connectivity index (χ0n) is 15.5. The van der Waals surface area contributed by atoms with E-state index >= 15 is 0 Å². The number of nitrogens with zero attached hydrogens (tertiary/aromatic N) is 1. The van der Waals surface area contributed by atoms with Gasteiger partial charge in [-0.3, -0.25) is 0 Å². The van der Waals surface area contributed by atoms with Crippen molar-refractivity contribution < 1.29 is 0 Å². The molecule has 126 valence electrons. The van der Waals surface area contributed by atoms with Crippen molar-refractivity contribution in [1.29, 1.82) is 0 Å². The van der Waals surface area contributed by atoms with Gasteiger partial charge in [-0.1, -0.05) is 67.1 Å². The van der Waals surface area contributed by atoms with Crippen LogP contribution in [-0.2, 0) is 0 Å². The minimum absolute atomic E-state index is 0.0310. The van der Waals surface area contributed by atoms with Crippen LogP contribution >= 0.6 is 0 Å². The van der Waals surface area contributed by atoms with Gasteiger partial charge < -0.3 is 4.90 Å². The van der Waals surface area contributed by atoms with Gasteiger partial charge in [0.05, 0.1) is 0 Å². The first-order valence-electron chi connectivity index (χ1n) is 9.12. The highest BCUT2D eigenvalue weighted by molar-refractivity contribution is 6.00. The van der Waals surface area contributed by atoms with Crippen molar-refractivity contribution in [2.24, 2.45) is 0 Å². The first-order chi connectivity index (χ1) is 12.0. The number of rotatable bonds is 2. The molecule has 4 rings (SSSR count). The highest BCUT2D eigenvalue weighted by Gasteiger charge is 2.32. The fourth-order valence-electron chi connectivity index (χ4n) is 3.85. The molecule has 1 aliphatic heterocycles. The van der Waals surface area contributed by atoms with Gasteiger partial charge in [0.25, 0.3) is 0 Å². The van der Waals surface area contributed by atoms with E-state index in [9.17, 15) is 0 Å². The molecule has 0 atom stereocenters. The van der Waals surface area contributed by atoms with E-state index in [-0.39, 0.29) is 5.54 Å². The Kier molecular flexibility index (Phi) is 3.68. The third-order valence-electron chi connectivity index (χ3n) is 5.52. The Bertz CT molecular complexity index is 936. The summed E-state index contributed by atoms with van der Waals surface area (Å²) in [5.74, 6) is 0. The van der Waals surface area contributed by atoms with E-state index in [0.29, 0.717) is 0 Å². The Balaban J connectivity index is 2.15. The number of aryl methyl sites for hydroxylation is 1. The van der Waals surface area contributed by atoms with Crippen molar-refractivity contribution in [3.8, 4) is 22.3 Å². The molecule has 0 amide bonds. The summed E-state index contributed by atoms with van der Waals surface area (Å²) in [5, 5.41) is 0. The summed E-state index contributed by atoms with van der Waals surface area (Å²) < 4.78 is 0. The highest BCUT2D eigenvalue weighted by atomic mass is 15.2. The van der Waals surface area contributed by atoms with Crippen molar-refractivity contribution >= 4 is 11.4 Å². The molecule has 1 aliphatic rings. The average Bonchev–Trinajstić information content (AvgIpc) is 2.74. The Morgan fingerprint density at radius 2 is 1.28 bits per heavy atom. The standard InChI is InChI=1S/C24H25N/c1-5-24(3,4)25-22-12-8-6-10-19(22)18-15-14-17(2)16-21(18)20-11-7-9-13-23(20)25/h6-16H,5H2,1-4H3. The SMILES string of the molecule is CCC(C)(C)N1c2ccccc2-c2ccc(C)cc2-c2ccccc21. The van der Waals surface area contributed by atoms with Crippen molar-refractivity contribution in [2.45, 2.75) is 39.7 Å². The Morgan fingerprint density at radius 3 is 1.88 bits per heavy atom. The van der Waals surface area contributed by atoms with Gasteiger partial charge in [0, 0.05) is 28.0 Å². The predicted molar refractivity (Wildman–Crippen MR) is 109 cm³/mol. The molecule has 0 unspecified atom stereocenters. The Hall–Kier alpha value is -2.54. The molecule has 1 nitrogen and oxygen atoms in total. The van der Waals surface area contributed by atoms with E-state index in [4.69, 9.17) is 0 Å². The van der Waals surface area contributed by atoms with Crippen molar-refractivity contribution in [3.05, 3.63) is 72.3 Å². The summed E-state index contributed by atoms with van der Waals surface area (Å²) in [6.07, 6.45) is 1.07. The molecule has 0 N–H and O–H groups in total. The zero-order chi connectivity index (χ0) is 17.6. The molecule has 0 bridgehead atoms. The molecule has 1 heteroatoms. The van der Waals surface area contributed by atoms with Gasteiger partial charge in [0.2, 0.25) is 0 Å². The molecule has 0 saturated carbocycles. The van der Waals surface area contributed by atoms with Crippen LogP contribution in [0.5, 0.6) is 0 Å². The molecule has 25 heavy (non-hydrogen) atoms. The molecule has 3 aromatic carbocycles. The first kappa shape index (κ1) is 16.0. The normalized spacial score (nSPS) is 12.9. The lowest BCUT2D eigenvalue weighted by molar-refractivity contribution is 0.489. The lowest BCUT2D eigenvalue weighted by atomic mass is 9.93. The van der Waals surface area contributed by atoms with Crippen LogP contribution in [0, 0.1) is 6.92 Å². The summed E-state index contributed by atoms with van der Waals surface area (Å²) in [7, 11) is 0. The number of hydrogen-bond donors (Lipinski definition) is 0.